The van der Waals surface area contributed by atoms with Crippen molar-refractivity contribution in [1.82, 2.24) is 10.9 Å². The topological polar surface area (TPSA) is 73.4 Å². The van der Waals surface area contributed by atoms with Gasteiger partial charge < -0.3 is 10.4 Å². The number of carbonyl (C=O) groups excluding carboxylic acids is 1. The Morgan fingerprint density at radius 2 is 1.64 bits per heavy atom. The summed E-state index contributed by atoms with van der Waals surface area (Å²) in [6, 6.07) is 12.2. The molecule has 0 heterocycles. The van der Waals surface area contributed by atoms with Crippen LogP contribution in [0.25, 0.3) is 0 Å². The number of rotatable bonds is 2. The van der Waals surface area contributed by atoms with E-state index in [1.54, 1.807) is 12.1 Å². The summed E-state index contributed by atoms with van der Waals surface area (Å²) in [6.45, 7) is 3.94. The van der Waals surface area contributed by atoms with Crippen LogP contribution in [0.2, 0.25) is 0 Å². The van der Waals surface area contributed by atoms with Crippen LogP contribution in [0.3, 0.4) is 0 Å². The first-order chi connectivity index (χ1) is 10.5. The molecule has 0 radical (unpaired) electrons. The Morgan fingerprint density at radius 3 is 2.27 bits per heavy atom. The highest BCUT2D eigenvalue weighted by Gasteiger charge is 2.10. The number of phenols is 1. The Hall–Kier alpha value is -2.60. The molecule has 0 unspecified atom stereocenters. The molecule has 0 aliphatic rings. The maximum Gasteiger partial charge on any atom is 0.273 e. The molecule has 0 saturated heterocycles. The molecular formula is C16H17N3O2S. The van der Waals surface area contributed by atoms with E-state index >= 15 is 0 Å². The number of thiocarbonyl (C=S) groups is 1. The second kappa shape index (κ2) is 6.91. The molecule has 6 heteroatoms. The molecule has 2 aromatic carbocycles. The van der Waals surface area contributed by atoms with Crippen molar-refractivity contribution in [2.45, 2.75) is 13.8 Å². The zero-order chi connectivity index (χ0) is 16.1. The van der Waals surface area contributed by atoms with Crippen molar-refractivity contribution in [2.24, 2.45) is 0 Å². The summed E-state index contributed by atoms with van der Waals surface area (Å²) in [5.41, 5.74) is 8.24. The van der Waals surface area contributed by atoms with E-state index < -0.39 is 5.91 Å². The van der Waals surface area contributed by atoms with Crippen LogP contribution < -0.4 is 16.2 Å². The lowest BCUT2D eigenvalue weighted by Crippen LogP contribution is -2.43. The highest BCUT2D eigenvalue weighted by molar-refractivity contribution is 7.80. The minimum atomic E-state index is -0.469. The van der Waals surface area contributed by atoms with Crippen LogP contribution in [-0.2, 0) is 0 Å². The lowest BCUT2D eigenvalue weighted by atomic mass is 10.1. The zero-order valence-electron chi connectivity index (χ0n) is 12.3. The molecule has 0 saturated carbocycles. The summed E-state index contributed by atoms with van der Waals surface area (Å²) < 4.78 is 0. The third-order valence-corrected chi connectivity index (χ3v) is 3.36. The second-order valence-electron chi connectivity index (χ2n) is 4.82. The van der Waals surface area contributed by atoms with E-state index in [9.17, 15) is 9.90 Å². The fourth-order valence-electron chi connectivity index (χ4n) is 2.00. The average Bonchev–Trinajstić information content (AvgIpc) is 2.49. The first-order valence-corrected chi connectivity index (χ1v) is 7.11. The van der Waals surface area contributed by atoms with E-state index in [2.05, 4.69) is 16.2 Å². The van der Waals surface area contributed by atoms with Gasteiger partial charge in [0.1, 0.15) is 5.75 Å². The molecule has 2 aromatic rings. The molecule has 0 aliphatic carbocycles. The molecule has 5 nitrogen and oxygen atoms in total. The maximum absolute atomic E-state index is 11.9. The number of carbonyl (C=O) groups is 1. The number of anilines is 1. The van der Waals surface area contributed by atoms with E-state index in [-0.39, 0.29) is 16.4 Å². The molecule has 2 rings (SSSR count). The number of phenolic OH excluding ortho intramolecular Hbond substituents is 1. The number of amides is 1. The molecule has 114 valence electrons. The van der Waals surface area contributed by atoms with Crippen LogP contribution in [0.15, 0.2) is 42.5 Å². The quantitative estimate of drug-likeness (QED) is 0.506. The van der Waals surface area contributed by atoms with Crippen LogP contribution in [0.4, 0.5) is 5.69 Å². The Labute approximate surface area is 134 Å². The Bertz CT molecular complexity index is 696. The number of hydrogen-bond donors (Lipinski definition) is 4. The van der Waals surface area contributed by atoms with E-state index in [0.29, 0.717) is 0 Å². The summed E-state index contributed by atoms with van der Waals surface area (Å²) >= 11 is 5.16. The summed E-state index contributed by atoms with van der Waals surface area (Å²) in [5.74, 6) is -0.556. The molecular weight excluding hydrogens is 298 g/mol. The number of nitrogens with one attached hydrogen (secondary N) is 3. The van der Waals surface area contributed by atoms with Crippen LogP contribution in [0.5, 0.6) is 5.75 Å². The van der Waals surface area contributed by atoms with Gasteiger partial charge in [0.05, 0.1) is 5.56 Å². The van der Waals surface area contributed by atoms with Gasteiger partial charge in [0.2, 0.25) is 0 Å². The molecule has 0 spiro atoms. The number of aromatic hydroxyl groups is 1. The standard InChI is InChI=1S/C16H17N3O2S/c1-10-6-5-7-11(2)14(10)17-16(22)19-18-15(21)12-8-3-4-9-13(12)20/h3-9,20H,1-2H3,(H,18,21)(H2,17,19,22). The van der Waals surface area contributed by atoms with E-state index in [0.717, 1.165) is 16.8 Å². The summed E-state index contributed by atoms with van der Waals surface area (Å²) in [7, 11) is 0. The monoisotopic (exact) mass is 315 g/mol. The van der Waals surface area contributed by atoms with Crippen molar-refractivity contribution >= 4 is 28.9 Å². The SMILES string of the molecule is Cc1cccc(C)c1NC(=S)NNC(=O)c1ccccc1O. The molecule has 1 amide bonds. The number of benzene rings is 2. The van der Waals surface area contributed by atoms with Gasteiger partial charge in [-0.3, -0.25) is 15.6 Å². The van der Waals surface area contributed by atoms with Gasteiger partial charge in [-0.1, -0.05) is 30.3 Å². The summed E-state index contributed by atoms with van der Waals surface area (Å²) in [4.78, 5) is 11.9. The Kier molecular flexibility index (Phi) is 4.95. The maximum atomic E-state index is 11.9. The van der Waals surface area contributed by atoms with E-state index in [4.69, 9.17) is 12.2 Å². The normalized spacial score (nSPS) is 9.91. The summed E-state index contributed by atoms with van der Waals surface area (Å²) in [6.07, 6.45) is 0. The number of aryl methyl sites for hydroxylation is 2. The zero-order valence-corrected chi connectivity index (χ0v) is 13.1. The van der Waals surface area contributed by atoms with Crippen molar-refractivity contribution in [2.75, 3.05) is 5.32 Å². The van der Waals surface area contributed by atoms with Gasteiger partial charge in [-0.25, -0.2) is 0 Å². The minimum absolute atomic E-state index is 0.0876. The highest BCUT2D eigenvalue weighted by Crippen LogP contribution is 2.19. The molecule has 0 atom stereocenters. The van der Waals surface area contributed by atoms with Gasteiger partial charge in [0.15, 0.2) is 5.11 Å². The van der Waals surface area contributed by atoms with Gasteiger partial charge >= 0.3 is 0 Å². The van der Waals surface area contributed by atoms with Crippen molar-refractivity contribution in [3.05, 3.63) is 59.2 Å². The van der Waals surface area contributed by atoms with Crippen LogP contribution in [-0.4, -0.2) is 16.1 Å². The predicted octanol–water partition coefficient (Wildman–Crippen LogP) is 2.64. The molecule has 0 aromatic heterocycles. The third-order valence-electron chi connectivity index (χ3n) is 3.16. The lowest BCUT2D eigenvalue weighted by molar-refractivity contribution is 0.0941. The molecule has 4 N–H and O–H groups in total. The first kappa shape index (κ1) is 15.8. The van der Waals surface area contributed by atoms with Crippen LogP contribution >= 0.6 is 12.2 Å². The Balaban J connectivity index is 1.96. The smallest absolute Gasteiger partial charge is 0.273 e. The molecule has 0 bridgehead atoms. The number of para-hydroxylation sites is 2. The average molecular weight is 315 g/mol. The van der Waals surface area contributed by atoms with Gasteiger partial charge in [0, 0.05) is 5.69 Å². The number of hydrazine groups is 1. The van der Waals surface area contributed by atoms with Gasteiger partial charge in [-0.05, 0) is 49.3 Å². The van der Waals surface area contributed by atoms with Crippen LogP contribution in [0.1, 0.15) is 21.5 Å². The predicted molar refractivity (Wildman–Crippen MR) is 90.8 cm³/mol. The minimum Gasteiger partial charge on any atom is -0.507 e. The second-order valence-corrected chi connectivity index (χ2v) is 5.23. The van der Waals surface area contributed by atoms with Crippen molar-refractivity contribution in [3.63, 3.8) is 0 Å². The van der Waals surface area contributed by atoms with Crippen molar-refractivity contribution in [3.8, 4) is 5.75 Å². The number of hydrogen-bond acceptors (Lipinski definition) is 3. The van der Waals surface area contributed by atoms with Crippen LogP contribution in [0, 0.1) is 13.8 Å². The largest absolute Gasteiger partial charge is 0.507 e. The third kappa shape index (κ3) is 3.73. The van der Waals surface area contributed by atoms with Gasteiger partial charge in [-0.2, -0.15) is 0 Å². The fourth-order valence-corrected chi connectivity index (χ4v) is 2.16. The van der Waals surface area contributed by atoms with Gasteiger partial charge in [0.25, 0.3) is 5.91 Å². The molecule has 0 fully saturated rings. The fraction of sp³-hybridized carbons (Fsp3) is 0.125. The highest BCUT2D eigenvalue weighted by atomic mass is 32.1. The van der Waals surface area contributed by atoms with Gasteiger partial charge in [-0.15, -0.1) is 0 Å². The molecule has 0 aliphatic heterocycles. The lowest BCUT2D eigenvalue weighted by Gasteiger charge is -2.15. The van der Waals surface area contributed by atoms with Crippen molar-refractivity contribution in [1.29, 1.82) is 0 Å². The van der Waals surface area contributed by atoms with Crippen molar-refractivity contribution < 1.29 is 9.90 Å². The Morgan fingerprint density at radius 1 is 1.00 bits per heavy atom. The van der Waals surface area contributed by atoms with E-state index in [1.807, 2.05) is 32.0 Å². The molecule has 22 heavy (non-hydrogen) atoms. The van der Waals surface area contributed by atoms with E-state index in [1.165, 1.54) is 12.1 Å². The first-order valence-electron chi connectivity index (χ1n) is 6.70. The summed E-state index contributed by atoms with van der Waals surface area (Å²) in [5, 5.41) is 12.9.